The summed E-state index contributed by atoms with van der Waals surface area (Å²) in [6, 6.07) is 1.86. The number of amides is 1. The predicted octanol–water partition coefficient (Wildman–Crippen LogP) is 2.55. The molecule has 7 heteroatoms. The molecule has 3 rings (SSSR count). The molecule has 2 fully saturated rings. The molecule has 1 aromatic heterocycles. The Hall–Kier alpha value is -1.86. The molecule has 26 heavy (non-hydrogen) atoms. The van der Waals surface area contributed by atoms with Gasteiger partial charge in [0.1, 0.15) is 5.60 Å². The normalized spacial score (nSPS) is 30.0. The summed E-state index contributed by atoms with van der Waals surface area (Å²) in [6.07, 6.45) is 4.73. The van der Waals surface area contributed by atoms with Crippen LogP contribution < -0.4 is 11.1 Å². The van der Waals surface area contributed by atoms with Gasteiger partial charge in [0, 0.05) is 24.2 Å². The number of rotatable bonds is 3. The molecule has 2 heterocycles. The number of aromatic nitrogens is 1. The van der Waals surface area contributed by atoms with E-state index in [-0.39, 0.29) is 12.0 Å². The molecule has 2 aliphatic rings. The van der Waals surface area contributed by atoms with Crippen molar-refractivity contribution >= 4 is 11.8 Å². The number of alkyl carbamates (subject to hydrolysis) is 1. The van der Waals surface area contributed by atoms with E-state index in [4.69, 9.17) is 15.2 Å². The van der Waals surface area contributed by atoms with Gasteiger partial charge in [-0.3, -0.25) is 4.98 Å². The van der Waals surface area contributed by atoms with Crippen LogP contribution in [0.25, 0.3) is 0 Å². The molecule has 7 nitrogen and oxygen atoms in total. The molecule has 1 saturated carbocycles. The topological polar surface area (TPSA) is 107 Å². The summed E-state index contributed by atoms with van der Waals surface area (Å²) in [5.74, 6) is -0.177. The third-order valence-electron chi connectivity index (χ3n) is 5.41. The van der Waals surface area contributed by atoms with Gasteiger partial charge in [0.25, 0.3) is 0 Å². The molecular formula is C19H29N3O4. The van der Waals surface area contributed by atoms with Crippen LogP contribution in [0.1, 0.15) is 58.6 Å². The minimum atomic E-state index is -1.03. The van der Waals surface area contributed by atoms with Crippen LogP contribution in [0.2, 0.25) is 0 Å². The molecule has 1 aromatic rings. The van der Waals surface area contributed by atoms with Crippen molar-refractivity contribution in [3.63, 3.8) is 0 Å². The molecule has 0 bridgehead atoms. The van der Waals surface area contributed by atoms with Crippen LogP contribution in [0.3, 0.4) is 0 Å². The second-order valence-electron chi connectivity index (χ2n) is 8.57. The fourth-order valence-corrected chi connectivity index (χ4v) is 3.74. The van der Waals surface area contributed by atoms with E-state index in [0.717, 1.165) is 18.4 Å². The molecule has 1 amide bonds. The highest BCUT2D eigenvalue weighted by molar-refractivity contribution is 5.67. The molecule has 0 radical (unpaired) electrons. The number of nitrogens with two attached hydrogens (primary N) is 1. The van der Waals surface area contributed by atoms with E-state index >= 15 is 0 Å². The summed E-state index contributed by atoms with van der Waals surface area (Å²) in [4.78, 5) is 16.0. The van der Waals surface area contributed by atoms with Gasteiger partial charge in [0.15, 0.2) is 0 Å². The van der Waals surface area contributed by atoms with Crippen molar-refractivity contribution in [2.24, 2.45) is 5.92 Å². The Morgan fingerprint density at radius 1 is 1.50 bits per heavy atom. The first-order valence-corrected chi connectivity index (χ1v) is 9.10. The maximum Gasteiger partial charge on any atom is 0.407 e. The number of carbonyl (C=O) groups is 1. The number of nitrogens with zero attached hydrogens (tertiary/aromatic N) is 1. The Labute approximate surface area is 154 Å². The SMILES string of the molecule is CC(C)(C)OC(=O)NC[C@@H]1C[C@@H](c2ccncc2N)OC2(CC2)[C@]1(C)O. The van der Waals surface area contributed by atoms with E-state index in [2.05, 4.69) is 10.3 Å². The zero-order valence-electron chi connectivity index (χ0n) is 15.9. The highest BCUT2D eigenvalue weighted by Gasteiger charge is 2.64. The number of hydrogen-bond acceptors (Lipinski definition) is 6. The number of carbonyl (C=O) groups excluding carboxylic acids is 1. The lowest BCUT2D eigenvalue weighted by atomic mass is 9.75. The molecule has 3 atom stereocenters. The predicted molar refractivity (Wildman–Crippen MR) is 97.4 cm³/mol. The molecule has 1 spiro atoms. The van der Waals surface area contributed by atoms with Crippen LogP contribution in [0, 0.1) is 5.92 Å². The minimum Gasteiger partial charge on any atom is -0.444 e. The van der Waals surface area contributed by atoms with Crippen LogP contribution in [0.15, 0.2) is 18.5 Å². The van der Waals surface area contributed by atoms with Gasteiger partial charge in [-0.1, -0.05) is 0 Å². The minimum absolute atomic E-state index is 0.177. The lowest BCUT2D eigenvalue weighted by molar-refractivity contribution is -0.215. The molecule has 1 aliphatic heterocycles. The van der Waals surface area contributed by atoms with E-state index in [0.29, 0.717) is 18.7 Å². The van der Waals surface area contributed by atoms with Crippen LogP contribution in [-0.2, 0) is 9.47 Å². The van der Waals surface area contributed by atoms with Gasteiger partial charge in [-0.15, -0.1) is 0 Å². The van der Waals surface area contributed by atoms with Gasteiger partial charge in [0.2, 0.25) is 0 Å². The van der Waals surface area contributed by atoms with Crippen LogP contribution in [0.4, 0.5) is 10.5 Å². The standard InChI is InChI=1S/C19H29N3O4/c1-17(2,3)26-16(23)22-10-12-9-15(13-5-8-21-11-14(13)20)25-19(6-7-19)18(12,4)24/h5,8,11-12,15,24H,6-7,9-10,20H2,1-4H3,(H,22,23)/t12-,15-,18+/m0/s1. The first-order chi connectivity index (χ1) is 12.0. The van der Waals surface area contributed by atoms with Gasteiger partial charge in [-0.05, 0) is 53.0 Å². The lowest BCUT2D eigenvalue weighted by Gasteiger charge is -2.47. The maximum absolute atomic E-state index is 12.0. The zero-order valence-corrected chi connectivity index (χ0v) is 15.9. The molecule has 0 aromatic carbocycles. The monoisotopic (exact) mass is 363 g/mol. The third kappa shape index (κ3) is 3.64. The van der Waals surface area contributed by atoms with Gasteiger partial charge in [-0.25, -0.2) is 4.79 Å². The molecule has 0 unspecified atom stereocenters. The zero-order chi connectivity index (χ0) is 19.2. The van der Waals surface area contributed by atoms with Crippen LogP contribution >= 0.6 is 0 Å². The Kier molecular flexibility index (Phi) is 4.65. The van der Waals surface area contributed by atoms with E-state index in [1.165, 1.54) is 0 Å². The lowest BCUT2D eigenvalue weighted by Crippen LogP contribution is -2.57. The highest BCUT2D eigenvalue weighted by atomic mass is 16.6. The second kappa shape index (κ2) is 6.39. The first kappa shape index (κ1) is 18.9. The maximum atomic E-state index is 12.0. The Balaban J connectivity index is 1.75. The van der Waals surface area contributed by atoms with Gasteiger partial charge < -0.3 is 25.6 Å². The number of aliphatic hydroxyl groups is 1. The number of pyridine rings is 1. The summed E-state index contributed by atoms with van der Waals surface area (Å²) in [7, 11) is 0. The van der Waals surface area contributed by atoms with Crippen molar-refractivity contribution in [3.05, 3.63) is 24.0 Å². The van der Waals surface area contributed by atoms with Gasteiger partial charge in [-0.2, -0.15) is 0 Å². The molecule has 1 saturated heterocycles. The molecule has 4 N–H and O–H groups in total. The summed E-state index contributed by atoms with van der Waals surface area (Å²) in [5, 5.41) is 13.9. The van der Waals surface area contributed by atoms with Crippen LogP contribution in [-0.4, -0.2) is 39.5 Å². The van der Waals surface area contributed by atoms with Gasteiger partial charge >= 0.3 is 6.09 Å². The number of anilines is 1. The first-order valence-electron chi connectivity index (χ1n) is 9.10. The summed E-state index contributed by atoms with van der Waals surface area (Å²) < 4.78 is 11.6. The number of ether oxygens (including phenoxy) is 2. The van der Waals surface area contributed by atoms with E-state index in [1.807, 2.05) is 26.8 Å². The molecular weight excluding hydrogens is 334 g/mol. The van der Waals surface area contributed by atoms with Crippen molar-refractivity contribution in [1.82, 2.24) is 10.3 Å². The van der Waals surface area contributed by atoms with E-state index in [9.17, 15) is 9.90 Å². The van der Waals surface area contributed by atoms with Crippen molar-refractivity contribution in [1.29, 1.82) is 0 Å². The summed E-state index contributed by atoms with van der Waals surface area (Å²) >= 11 is 0. The number of nitrogens with one attached hydrogen (secondary N) is 1. The largest absolute Gasteiger partial charge is 0.444 e. The molecule has 1 aliphatic carbocycles. The average Bonchev–Trinajstić information content (AvgIpc) is 3.29. The quantitative estimate of drug-likeness (QED) is 0.762. The molecule has 144 valence electrons. The Morgan fingerprint density at radius 3 is 2.77 bits per heavy atom. The fraction of sp³-hybridized carbons (Fsp3) is 0.684. The van der Waals surface area contributed by atoms with Crippen LogP contribution in [0.5, 0.6) is 0 Å². The van der Waals surface area contributed by atoms with E-state index in [1.54, 1.807) is 19.3 Å². The number of nitrogen functional groups attached to an aromatic ring is 1. The Morgan fingerprint density at radius 2 is 2.19 bits per heavy atom. The van der Waals surface area contributed by atoms with Crippen molar-refractivity contribution in [2.75, 3.05) is 12.3 Å². The van der Waals surface area contributed by atoms with E-state index < -0.39 is 22.9 Å². The van der Waals surface area contributed by atoms with Gasteiger partial charge in [0.05, 0.1) is 29.2 Å². The average molecular weight is 363 g/mol. The Bertz CT molecular complexity index is 680. The smallest absolute Gasteiger partial charge is 0.407 e. The fourth-order valence-electron chi connectivity index (χ4n) is 3.74. The van der Waals surface area contributed by atoms with Crippen molar-refractivity contribution in [2.45, 2.75) is 69.9 Å². The number of hydrogen-bond donors (Lipinski definition) is 3. The van der Waals surface area contributed by atoms with Crippen molar-refractivity contribution < 1.29 is 19.4 Å². The third-order valence-corrected chi connectivity index (χ3v) is 5.41. The van der Waals surface area contributed by atoms with Crippen molar-refractivity contribution in [3.8, 4) is 0 Å². The second-order valence-corrected chi connectivity index (χ2v) is 8.57. The summed E-state index contributed by atoms with van der Waals surface area (Å²) in [5.41, 5.74) is 5.36. The summed E-state index contributed by atoms with van der Waals surface area (Å²) in [6.45, 7) is 7.57. The highest BCUT2D eigenvalue weighted by Crippen LogP contribution is 2.58.